The summed E-state index contributed by atoms with van der Waals surface area (Å²) in [7, 11) is -10.7. The zero-order valence-electron chi connectivity index (χ0n) is 25.2. The summed E-state index contributed by atoms with van der Waals surface area (Å²) in [5, 5.41) is 0. The summed E-state index contributed by atoms with van der Waals surface area (Å²) in [4.78, 5) is 2.64. The molecule has 9 heteroatoms. The molecule has 0 aliphatic rings. The quantitative estimate of drug-likeness (QED) is 0.0413. The average molecular weight is 649 g/mol. The molecule has 3 rings (SSSR count). The fourth-order valence-corrected chi connectivity index (χ4v) is 5.53. The van der Waals surface area contributed by atoms with Crippen molar-refractivity contribution in [2.24, 2.45) is 0 Å². The Morgan fingerprint density at radius 2 is 0.860 bits per heavy atom. The molecule has 0 aliphatic heterocycles. The van der Waals surface area contributed by atoms with E-state index >= 15 is 0 Å². The molecular formula is C34H47F6OPS. The van der Waals surface area contributed by atoms with Gasteiger partial charge in [0.1, 0.15) is 5.75 Å². The van der Waals surface area contributed by atoms with Crippen molar-refractivity contribution in [3.63, 3.8) is 0 Å². The van der Waals surface area contributed by atoms with Crippen LogP contribution < -0.4 is 4.74 Å². The van der Waals surface area contributed by atoms with E-state index in [0.29, 0.717) is 0 Å². The zero-order chi connectivity index (χ0) is 31.5. The number of hydrogen-bond acceptors (Lipinski definition) is 1. The Kier molecular flexibility index (Phi) is 15.4. The van der Waals surface area contributed by atoms with Gasteiger partial charge in [0.05, 0.1) is 6.61 Å². The van der Waals surface area contributed by atoms with Gasteiger partial charge in [0.2, 0.25) is 0 Å². The van der Waals surface area contributed by atoms with E-state index in [1.807, 2.05) is 0 Å². The molecular weight excluding hydrogens is 601 g/mol. The first-order chi connectivity index (χ1) is 20.3. The van der Waals surface area contributed by atoms with Crippen molar-refractivity contribution in [2.45, 2.75) is 107 Å². The van der Waals surface area contributed by atoms with Crippen LogP contribution in [0.2, 0.25) is 0 Å². The van der Waals surface area contributed by atoms with Gasteiger partial charge in [0.15, 0.2) is 9.79 Å². The molecule has 0 bridgehead atoms. The Morgan fingerprint density at radius 1 is 0.488 bits per heavy atom. The van der Waals surface area contributed by atoms with Gasteiger partial charge in [-0.15, -0.1) is 0 Å². The van der Waals surface area contributed by atoms with Gasteiger partial charge in [-0.2, -0.15) is 0 Å². The van der Waals surface area contributed by atoms with Gasteiger partial charge in [0.25, 0.3) is 0 Å². The van der Waals surface area contributed by atoms with Gasteiger partial charge >= 0.3 is 33.0 Å². The summed E-state index contributed by atoms with van der Waals surface area (Å²) in [5.41, 5.74) is 2.49. The van der Waals surface area contributed by atoms with Crippen LogP contribution >= 0.6 is 7.81 Å². The van der Waals surface area contributed by atoms with E-state index in [-0.39, 0.29) is 0 Å². The summed E-state index contributed by atoms with van der Waals surface area (Å²) in [6.45, 7) is 3.12. The van der Waals surface area contributed by atoms with Gasteiger partial charge in [0, 0.05) is 11.8 Å². The van der Waals surface area contributed by atoms with E-state index in [4.69, 9.17) is 4.74 Å². The van der Waals surface area contributed by atoms with Crippen molar-refractivity contribution in [2.75, 3.05) is 6.61 Å². The van der Waals surface area contributed by atoms with Crippen molar-refractivity contribution in [3.05, 3.63) is 78.9 Å². The molecule has 3 aromatic rings. The topological polar surface area (TPSA) is 9.23 Å². The van der Waals surface area contributed by atoms with Crippen LogP contribution in [0.25, 0.3) is 11.1 Å². The third-order valence-corrected chi connectivity index (χ3v) is 7.95. The molecule has 0 amide bonds. The van der Waals surface area contributed by atoms with Crippen molar-refractivity contribution in [1.29, 1.82) is 0 Å². The summed E-state index contributed by atoms with van der Waals surface area (Å²) in [6, 6.07) is 28.0. The van der Waals surface area contributed by atoms with E-state index in [1.54, 1.807) is 0 Å². The second-order valence-corrected chi connectivity index (χ2v) is 14.1. The SMILES string of the molecule is CCCCCCCCCCCCCCCCOc1ccc(-c2ccc([SH+]c3ccccc3)cc2)cc1.F[P-](F)(F)(F)(F)F. The Morgan fingerprint density at radius 3 is 1.30 bits per heavy atom. The molecule has 0 aromatic heterocycles. The van der Waals surface area contributed by atoms with E-state index in [1.165, 1.54) is 116 Å². The number of thiol groups is 1. The van der Waals surface area contributed by atoms with E-state index in [9.17, 15) is 25.2 Å². The van der Waals surface area contributed by atoms with Crippen molar-refractivity contribution in [3.8, 4) is 16.9 Å². The van der Waals surface area contributed by atoms with Crippen LogP contribution in [-0.2, 0) is 11.8 Å². The van der Waals surface area contributed by atoms with Crippen LogP contribution in [-0.4, -0.2) is 6.61 Å². The maximum absolute atomic E-state index is 10.7. The molecule has 0 spiro atoms. The molecule has 0 heterocycles. The fourth-order valence-electron chi connectivity index (χ4n) is 4.61. The summed E-state index contributed by atoms with van der Waals surface area (Å²) in [5.74, 6) is 0.979. The normalized spacial score (nSPS) is 13.0. The van der Waals surface area contributed by atoms with Gasteiger partial charge in [-0.05, 0) is 66.1 Å². The second-order valence-electron chi connectivity index (χ2n) is 10.9. The maximum atomic E-state index is 9.87. The predicted octanol–water partition coefficient (Wildman–Crippen LogP) is 13.8. The van der Waals surface area contributed by atoms with Gasteiger partial charge < -0.3 is 4.74 Å². The van der Waals surface area contributed by atoms with Crippen LogP contribution in [0.15, 0.2) is 88.7 Å². The second kappa shape index (κ2) is 17.9. The summed E-state index contributed by atoms with van der Waals surface area (Å²) in [6.07, 6.45) is 19.4. The first kappa shape index (κ1) is 37.0. The minimum absolute atomic E-state index is 0.824. The molecule has 3 aromatic carbocycles. The average Bonchev–Trinajstić information content (AvgIpc) is 2.95. The van der Waals surface area contributed by atoms with E-state index < -0.39 is 7.81 Å². The molecule has 0 fully saturated rings. The Hall–Kier alpha value is -2.18. The van der Waals surface area contributed by atoms with Crippen molar-refractivity contribution < 1.29 is 29.9 Å². The molecule has 0 radical (unpaired) electrons. The third-order valence-electron chi connectivity index (χ3n) is 6.84. The summed E-state index contributed by atoms with van der Waals surface area (Å²) < 4.78 is 65.2. The number of halogens is 6. The number of unbranched alkanes of at least 4 members (excludes halogenated alkanes) is 13. The van der Waals surface area contributed by atoms with E-state index in [2.05, 4.69) is 85.8 Å². The number of hydrogen-bond donors (Lipinski definition) is 0. The Bertz CT molecular complexity index is 1130. The van der Waals surface area contributed by atoms with Gasteiger partial charge in [-0.25, -0.2) is 0 Å². The Labute approximate surface area is 258 Å². The van der Waals surface area contributed by atoms with Crippen LogP contribution in [0.3, 0.4) is 0 Å². The fraction of sp³-hybridized carbons (Fsp3) is 0.471. The van der Waals surface area contributed by atoms with Crippen molar-refractivity contribution in [1.82, 2.24) is 0 Å². The van der Waals surface area contributed by atoms with Crippen LogP contribution in [0.1, 0.15) is 96.8 Å². The standard InChI is InChI=1S/C34H46OS.F6P/c1-2-3-4-5-6-7-8-9-10-11-12-13-14-18-29-35-32-25-21-30(22-26-32)31-23-27-34(28-24-31)36-33-19-16-15-17-20-33;1-7(2,3,4,5)6/h15-17,19-28H,2-14,18,29H2,1H3;/q;-1/p+1. The molecule has 1 nitrogen and oxygen atoms in total. The third kappa shape index (κ3) is 22.1. The minimum atomic E-state index is -10.7. The van der Waals surface area contributed by atoms with Gasteiger partial charge in [-0.1, -0.05) is 121 Å². The van der Waals surface area contributed by atoms with Crippen molar-refractivity contribution >= 4 is 19.6 Å². The first-order valence-electron chi connectivity index (χ1n) is 15.5. The summed E-state index contributed by atoms with van der Waals surface area (Å²) >= 11 is 1.25. The zero-order valence-corrected chi connectivity index (χ0v) is 27.0. The van der Waals surface area contributed by atoms with Gasteiger partial charge in [-0.3, -0.25) is 0 Å². The number of benzene rings is 3. The molecule has 43 heavy (non-hydrogen) atoms. The number of rotatable bonds is 19. The van der Waals surface area contributed by atoms with Crippen LogP contribution in [0.5, 0.6) is 5.75 Å². The molecule has 0 saturated heterocycles. The van der Waals surface area contributed by atoms with E-state index in [0.717, 1.165) is 18.8 Å². The molecule has 0 unspecified atom stereocenters. The first-order valence-corrected chi connectivity index (χ1v) is 18.4. The van der Waals surface area contributed by atoms with Crippen LogP contribution in [0.4, 0.5) is 25.2 Å². The number of ether oxygens (including phenoxy) is 1. The monoisotopic (exact) mass is 648 g/mol. The molecule has 0 saturated carbocycles. The predicted molar refractivity (Wildman–Crippen MR) is 173 cm³/mol. The molecule has 0 aliphatic carbocycles. The molecule has 242 valence electrons. The Balaban J connectivity index is 0.000000821. The molecule has 0 N–H and O–H groups in total. The van der Waals surface area contributed by atoms with Crippen LogP contribution in [0, 0.1) is 0 Å². The molecule has 0 atom stereocenters.